The number of rotatable bonds is 2. The maximum atomic E-state index is 13.3. The van der Waals surface area contributed by atoms with Crippen molar-refractivity contribution < 1.29 is 23.4 Å². The summed E-state index contributed by atoms with van der Waals surface area (Å²) in [7, 11) is 0. The van der Waals surface area contributed by atoms with E-state index in [0.29, 0.717) is 30.3 Å². The molecule has 1 aliphatic rings. The van der Waals surface area contributed by atoms with Gasteiger partial charge in [0.15, 0.2) is 23.1 Å². The molecule has 21 heavy (non-hydrogen) atoms. The average molecular weight is 313 g/mol. The zero-order chi connectivity index (χ0) is 15.0. The molecule has 2 aromatic rings. The number of ether oxygens (including phenoxy) is 2. The van der Waals surface area contributed by atoms with Gasteiger partial charge in [-0.15, -0.1) is 0 Å². The molecule has 0 aliphatic carbocycles. The Labute approximate surface area is 124 Å². The SMILES string of the molecule is OC(c1ccc2c(c1)OCCO2)c1cc(F)c(F)cc1Cl. The summed E-state index contributed by atoms with van der Waals surface area (Å²) >= 11 is 5.87. The summed E-state index contributed by atoms with van der Waals surface area (Å²) in [6.07, 6.45) is -1.19. The highest BCUT2D eigenvalue weighted by Crippen LogP contribution is 2.36. The van der Waals surface area contributed by atoms with Crippen molar-refractivity contribution in [3.63, 3.8) is 0 Å². The van der Waals surface area contributed by atoms with Crippen LogP contribution in [0.2, 0.25) is 5.02 Å². The van der Waals surface area contributed by atoms with Crippen LogP contribution in [0.15, 0.2) is 30.3 Å². The first-order valence-corrected chi connectivity index (χ1v) is 6.66. The highest BCUT2D eigenvalue weighted by atomic mass is 35.5. The van der Waals surface area contributed by atoms with Crippen LogP contribution in [-0.4, -0.2) is 18.3 Å². The van der Waals surface area contributed by atoms with Crippen LogP contribution in [0.25, 0.3) is 0 Å². The number of aliphatic hydroxyl groups is 1. The van der Waals surface area contributed by atoms with Crippen molar-refractivity contribution in [2.45, 2.75) is 6.10 Å². The zero-order valence-electron chi connectivity index (χ0n) is 10.8. The zero-order valence-corrected chi connectivity index (χ0v) is 11.5. The highest BCUT2D eigenvalue weighted by Gasteiger charge is 2.20. The Hall–Kier alpha value is -1.85. The summed E-state index contributed by atoms with van der Waals surface area (Å²) in [6.45, 7) is 0.877. The Morgan fingerprint density at radius 2 is 1.67 bits per heavy atom. The monoisotopic (exact) mass is 312 g/mol. The molecule has 110 valence electrons. The number of fused-ring (bicyclic) bond motifs is 1. The second-order valence-corrected chi connectivity index (χ2v) is 5.00. The van der Waals surface area contributed by atoms with E-state index in [-0.39, 0.29) is 10.6 Å². The first-order valence-electron chi connectivity index (χ1n) is 6.28. The molecule has 6 heteroatoms. The number of aliphatic hydroxyl groups excluding tert-OH is 1. The van der Waals surface area contributed by atoms with E-state index in [9.17, 15) is 13.9 Å². The van der Waals surface area contributed by atoms with Crippen LogP contribution in [0.4, 0.5) is 8.78 Å². The second kappa shape index (κ2) is 5.50. The number of halogens is 3. The maximum Gasteiger partial charge on any atom is 0.161 e. The molecule has 2 aromatic carbocycles. The van der Waals surface area contributed by atoms with Crippen LogP contribution in [0.1, 0.15) is 17.2 Å². The van der Waals surface area contributed by atoms with Gasteiger partial charge in [0, 0.05) is 10.6 Å². The lowest BCUT2D eigenvalue weighted by atomic mass is 10.0. The molecule has 1 atom stereocenters. The van der Waals surface area contributed by atoms with Crippen LogP contribution in [0.3, 0.4) is 0 Å². The van der Waals surface area contributed by atoms with E-state index in [1.165, 1.54) is 0 Å². The van der Waals surface area contributed by atoms with Gasteiger partial charge in [0.05, 0.1) is 0 Å². The maximum absolute atomic E-state index is 13.3. The van der Waals surface area contributed by atoms with Gasteiger partial charge in [-0.25, -0.2) is 8.78 Å². The fourth-order valence-corrected chi connectivity index (χ4v) is 2.41. The van der Waals surface area contributed by atoms with Crippen LogP contribution in [0.5, 0.6) is 11.5 Å². The van der Waals surface area contributed by atoms with Crippen molar-refractivity contribution in [3.8, 4) is 11.5 Å². The summed E-state index contributed by atoms with van der Waals surface area (Å²) in [5, 5.41) is 10.3. The van der Waals surface area contributed by atoms with Gasteiger partial charge in [-0.2, -0.15) is 0 Å². The number of hydrogen-bond acceptors (Lipinski definition) is 3. The summed E-state index contributed by atoms with van der Waals surface area (Å²) in [5.74, 6) is -1.05. The first kappa shape index (κ1) is 14.1. The van der Waals surface area contributed by atoms with Crippen molar-refractivity contribution in [1.82, 2.24) is 0 Å². The quantitative estimate of drug-likeness (QED) is 0.863. The second-order valence-electron chi connectivity index (χ2n) is 4.59. The standard InChI is InChI=1S/C15H11ClF2O3/c16-10-7-12(18)11(17)6-9(10)15(19)8-1-2-13-14(5-8)21-4-3-20-13/h1-2,5-7,15,19H,3-4H2. The predicted octanol–water partition coefficient (Wildman–Crippen LogP) is 3.47. The average Bonchev–Trinajstić information content (AvgIpc) is 2.50. The van der Waals surface area contributed by atoms with E-state index in [4.69, 9.17) is 21.1 Å². The normalized spacial score (nSPS) is 14.9. The Morgan fingerprint density at radius 1 is 1.00 bits per heavy atom. The third-order valence-corrected chi connectivity index (χ3v) is 3.54. The molecule has 1 N–H and O–H groups in total. The molecular weight excluding hydrogens is 302 g/mol. The molecule has 1 heterocycles. The molecule has 0 fully saturated rings. The van der Waals surface area contributed by atoms with Crippen molar-refractivity contribution in [3.05, 3.63) is 58.1 Å². The van der Waals surface area contributed by atoms with Crippen LogP contribution >= 0.6 is 11.6 Å². The summed E-state index contributed by atoms with van der Waals surface area (Å²) in [4.78, 5) is 0. The molecule has 0 spiro atoms. The molecule has 0 saturated carbocycles. The van der Waals surface area contributed by atoms with Gasteiger partial charge in [-0.1, -0.05) is 17.7 Å². The Morgan fingerprint density at radius 3 is 2.43 bits per heavy atom. The van der Waals surface area contributed by atoms with Crippen molar-refractivity contribution in [1.29, 1.82) is 0 Å². The topological polar surface area (TPSA) is 38.7 Å². The molecule has 3 nitrogen and oxygen atoms in total. The van der Waals surface area contributed by atoms with Gasteiger partial charge in [0.1, 0.15) is 19.3 Å². The molecule has 3 rings (SSSR count). The molecule has 0 radical (unpaired) electrons. The summed E-state index contributed by atoms with van der Waals surface area (Å²) in [6, 6.07) is 6.60. The van der Waals surface area contributed by atoms with E-state index in [1.807, 2.05) is 0 Å². The highest BCUT2D eigenvalue weighted by molar-refractivity contribution is 6.31. The van der Waals surface area contributed by atoms with Crippen molar-refractivity contribution >= 4 is 11.6 Å². The van der Waals surface area contributed by atoms with Gasteiger partial charge < -0.3 is 14.6 Å². The molecule has 0 bridgehead atoms. The third kappa shape index (κ3) is 2.66. The lowest BCUT2D eigenvalue weighted by molar-refractivity contribution is 0.169. The number of hydrogen-bond donors (Lipinski definition) is 1. The fourth-order valence-electron chi connectivity index (χ4n) is 2.16. The first-order chi connectivity index (χ1) is 10.1. The number of benzene rings is 2. The van der Waals surface area contributed by atoms with E-state index in [1.54, 1.807) is 18.2 Å². The third-order valence-electron chi connectivity index (χ3n) is 3.22. The molecule has 1 unspecified atom stereocenters. The minimum atomic E-state index is -1.19. The minimum Gasteiger partial charge on any atom is -0.486 e. The summed E-state index contributed by atoms with van der Waals surface area (Å²) < 4.78 is 37.2. The van der Waals surface area contributed by atoms with E-state index >= 15 is 0 Å². The van der Waals surface area contributed by atoms with Crippen molar-refractivity contribution in [2.24, 2.45) is 0 Å². The van der Waals surface area contributed by atoms with Crippen LogP contribution in [-0.2, 0) is 0 Å². The molecular formula is C15H11ClF2O3. The lowest BCUT2D eigenvalue weighted by Gasteiger charge is -2.20. The van der Waals surface area contributed by atoms with Crippen LogP contribution < -0.4 is 9.47 Å². The molecule has 1 aliphatic heterocycles. The Kier molecular flexibility index (Phi) is 3.69. The van der Waals surface area contributed by atoms with Gasteiger partial charge >= 0.3 is 0 Å². The smallest absolute Gasteiger partial charge is 0.161 e. The van der Waals surface area contributed by atoms with Gasteiger partial charge in [0.2, 0.25) is 0 Å². The summed E-state index contributed by atoms with van der Waals surface area (Å²) in [5.41, 5.74) is 0.541. The molecule has 0 amide bonds. The van der Waals surface area contributed by atoms with Gasteiger partial charge in [-0.3, -0.25) is 0 Å². The Balaban J connectivity index is 1.98. The van der Waals surface area contributed by atoms with Crippen molar-refractivity contribution in [2.75, 3.05) is 13.2 Å². The molecule has 0 saturated heterocycles. The Bertz CT molecular complexity index is 691. The molecule has 0 aromatic heterocycles. The van der Waals surface area contributed by atoms with E-state index < -0.39 is 17.7 Å². The lowest BCUT2D eigenvalue weighted by Crippen LogP contribution is -2.15. The van der Waals surface area contributed by atoms with E-state index in [0.717, 1.165) is 12.1 Å². The van der Waals surface area contributed by atoms with E-state index in [2.05, 4.69) is 0 Å². The fraction of sp³-hybridized carbons (Fsp3) is 0.200. The van der Waals surface area contributed by atoms with Crippen LogP contribution in [0, 0.1) is 11.6 Å². The van der Waals surface area contributed by atoms with Gasteiger partial charge in [0.25, 0.3) is 0 Å². The van der Waals surface area contributed by atoms with Gasteiger partial charge in [-0.05, 0) is 29.8 Å². The minimum absolute atomic E-state index is 0.0451. The largest absolute Gasteiger partial charge is 0.486 e. The predicted molar refractivity (Wildman–Crippen MR) is 72.9 cm³/mol.